The number of rotatable bonds is 6. The number of hydrogen-bond acceptors (Lipinski definition) is 6. The molecule has 2 aliphatic rings. The fourth-order valence-corrected chi connectivity index (χ4v) is 6.15. The van der Waals surface area contributed by atoms with Gasteiger partial charge in [0.25, 0.3) is 0 Å². The zero-order valence-corrected chi connectivity index (χ0v) is 23.1. The molecule has 0 bridgehead atoms. The monoisotopic (exact) mass is 550 g/mol. The number of halogens is 2. The maximum Gasteiger partial charge on any atom is 0.161 e. The van der Waals surface area contributed by atoms with Crippen LogP contribution in [0.25, 0.3) is 22.2 Å². The Labute approximate surface area is 232 Å². The Bertz CT molecular complexity index is 1500. The topological polar surface area (TPSA) is 65.6 Å². The van der Waals surface area contributed by atoms with Crippen LogP contribution in [0.15, 0.2) is 53.3 Å². The van der Waals surface area contributed by atoms with E-state index in [4.69, 9.17) is 30.6 Å². The lowest BCUT2D eigenvalue weighted by atomic mass is 9.92. The van der Waals surface area contributed by atoms with Gasteiger partial charge in [-0.2, -0.15) is 0 Å². The summed E-state index contributed by atoms with van der Waals surface area (Å²) in [5.74, 6) is 1.22. The summed E-state index contributed by atoms with van der Waals surface area (Å²) >= 11 is 5.99. The van der Waals surface area contributed by atoms with Crippen molar-refractivity contribution in [2.24, 2.45) is 0 Å². The second kappa shape index (κ2) is 10.7. The first-order valence-corrected chi connectivity index (χ1v) is 13.9. The van der Waals surface area contributed by atoms with E-state index in [1.165, 1.54) is 6.07 Å². The molecule has 4 aromatic rings. The normalized spacial score (nSPS) is 21.5. The maximum absolute atomic E-state index is 14.5. The zero-order valence-electron chi connectivity index (χ0n) is 22.4. The fraction of sp³-hybridized carbons (Fsp3) is 0.400. The van der Waals surface area contributed by atoms with E-state index in [0.29, 0.717) is 11.8 Å². The molecule has 0 N–H and O–H groups in total. The van der Waals surface area contributed by atoms with E-state index < -0.39 is 5.82 Å². The third-order valence-corrected chi connectivity index (χ3v) is 8.16. The molecule has 1 atom stereocenters. The van der Waals surface area contributed by atoms with Crippen LogP contribution in [0, 0.1) is 19.7 Å². The van der Waals surface area contributed by atoms with E-state index in [1.807, 2.05) is 30.9 Å². The number of aryl methyl sites for hydroxylation is 2. The maximum atomic E-state index is 14.5. The molecule has 1 fully saturated rings. The Kier molecular flexibility index (Phi) is 7.08. The van der Waals surface area contributed by atoms with Crippen molar-refractivity contribution in [3.63, 3.8) is 0 Å². The van der Waals surface area contributed by atoms with E-state index >= 15 is 0 Å². The van der Waals surface area contributed by atoms with Crippen LogP contribution in [0.2, 0.25) is 5.02 Å². The van der Waals surface area contributed by atoms with Gasteiger partial charge < -0.3 is 23.5 Å². The Balaban J connectivity index is 1.47. The smallest absolute Gasteiger partial charge is 0.161 e. The Hall–Kier alpha value is -3.36. The van der Waals surface area contributed by atoms with Gasteiger partial charge in [-0.05, 0) is 88.4 Å². The highest BCUT2D eigenvalue weighted by Gasteiger charge is 2.32. The van der Waals surface area contributed by atoms with Gasteiger partial charge in [-0.1, -0.05) is 22.8 Å². The molecule has 0 saturated heterocycles. The molecule has 2 aromatic heterocycles. The van der Waals surface area contributed by atoms with Crippen molar-refractivity contribution >= 4 is 28.3 Å². The molecule has 0 amide bonds. The number of aromatic nitrogens is 3. The Morgan fingerprint density at radius 2 is 1.92 bits per heavy atom. The van der Waals surface area contributed by atoms with E-state index in [2.05, 4.69) is 34.8 Å². The van der Waals surface area contributed by atoms with E-state index in [-0.39, 0.29) is 23.8 Å². The largest absolute Gasteiger partial charge is 0.481 e. The lowest BCUT2D eigenvalue weighted by Gasteiger charge is -2.36. The minimum Gasteiger partial charge on any atom is -0.481 e. The molecule has 9 heteroatoms. The summed E-state index contributed by atoms with van der Waals surface area (Å²) in [6.45, 7) is 6.93. The summed E-state index contributed by atoms with van der Waals surface area (Å²) < 4.78 is 33.9. The predicted molar refractivity (Wildman–Crippen MR) is 149 cm³/mol. The lowest BCUT2D eigenvalue weighted by Crippen LogP contribution is -2.35. The van der Waals surface area contributed by atoms with Gasteiger partial charge in [0.1, 0.15) is 23.4 Å². The second-order valence-electron chi connectivity index (χ2n) is 10.3. The van der Waals surface area contributed by atoms with E-state index in [1.54, 1.807) is 12.3 Å². The number of benzene rings is 2. The van der Waals surface area contributed by atoms with Crippen molar-refractivity contribution in [2.75, 3.05) is 18.2 Å². The SMILES string of the molecule is CCOC1CCC(n2c([C@@H]3C=COCN3c3ccc(Cl)c(F)c3)nc3cc(-c4c(C)noc4C)ccc32)CC1. The molecule has 204 valence electrons. The molecule has 2 aromatic carbocycles. The van der Waals surface area contributed by atoms with Crippen LogP contribution in [-0.2, 0) is 9.47 Å². The Morgan fingerprint density at radius 1 is 1.10 bits per heavy atom. The van der Waals surface area contributed by atoms with Crippen molar-refractivity contribution in [1.29, 1.82) is 0 Å². The highest BCUT2D eigenvalue weighted by molar-refractivity contribution is 6.30. The van der Waals surface area contributed by atoms with Gasteiger partial charge in [0.2, 0.25) is 0 Å². The van der Waals surface area contributed by atoms with Gasteiger partial charge in [-0.3, -0.25) is 0 Å². The number of hydrogen-bond donors (Lipinski definition) is 0. The van der Waals surface area contributed by atoms with E-state index in [9.17, 15) is 4.39 Å². The highest BCUT2D eigenvalue weighted by atomic mass is 35.5. The van der Waals surface area contributed by atoms with Crippen molar-refractivity contribution < 1.29 is 18.4 Å². The third kappa shape index (κ3) is 4.80. The summed E-state index contributed by atoms with van der Waals surface area (Å²) in [6, 6.07) is 11.2. The van der Waals surface area contributed by atoms with Crippen LogP contribution in [-0.4, -0.2) is 34.1 Å². The predicted octanol–water partition coefficient (Wildman–Crippen LogP) is 7.67. The molecule has 3 heterocycles. The number of imidazole rings is 1. The molecular weight excluding hydrogens is 519 g/mol. The number of ether oxygens (including phenoxy) is 2. The third-order valence-electron chi connectivity index (χ3n) is 7.86. The standard InChI is InChI=1S/C30H32ClFN4O3/c1-4-38-23-9-6-21(7-10-23)36-27-12-5-20(29-18(2)34-39-19(29)3)15-26(27)33-30(36)28-13-14-37-17-35(28)22-8-11-24(31)25(32)16-22/h5,8,11-16,21,23,28H,4,6-7,9-10,17H2,1-3H3/t21?,23?,28-/m0/s1. The summed E-state index contributed by atoms with van der Waals surface area (Å²) in [4.78, 5) is 7.24. The van der Waals surface area contributed by atoms with Crippen LogP contribution in [0.5, 0.6) is 0 Å². The first-order chi connectivity index (χ1) is 18.9. The van der Waals surface area contributed by atoms with Gasteiger partial charge in [-0.15, -0.1) is 0 Å². The average Bonchev–Trinajstić information content (AvgIpc) is 3.49. The molecular formula is C30H32ClFN4O3. The molecule has 1 aliphatic heterocycles. The average molecular weight is 551 g/mol. The molecule has 1 saturated carbocycles. The molecule has 6 rings (SSSR count). The fourth-order valence-electron chi connectivity index (χ4n) is 6.03. The summed E-state index contributed by atoms with van der Waals surface area (Å²) in [6.07, 6.45) is 7.99. The molecule has 0 radical (unpaired) electrons. The summed E-state index contributed by atoms with van der Waals surface area (Å²) in [5.41, 5.74) is 5.52. The lowest BCUT2D eigenvalue weighted by molar-refractivity contribution is 0.0271. The first-order valence-electron chi connectivity index (χ1n) is 13.5. The van der Waals surface area contributed by atoms with Crippen LogP contribution < -0.4 is 4.90 Å². The summed E-state index contributed by atoms with van der Waals surface area (Å²) in [5, 5.41) is 4.23. The van der Waals surface area contributed by atoms with Gasteiger partial charge in [0, 0.05) is 23.9 Å². The second-order valence-corrected chi connectivity index (χ2v) is 10.7. The van der Waals surface area contributed by atoms with Crippen molar-refractivity contribution in [3.05, 3.63) is 76.9 Å². The van der Waals surface area contributed by atoms with Crippen LogP contribution in [0.1, 0.15) is 62.0 Å². The van der Waals surface area contributed by atoms with Crippen LogP contribution in [0.4, 0.5) is 10.1 Å². The van der Waals surface area contributed by atoms with Crippen LogP contribution in [0.3, 0.4) is 0 Å². The highest BCUT2D eigenvalue weighted by Crippen LogP contribution is 2.40. The molecule has 39 heavy (non-hydrogen) atoms. The van der Waals surface area contributed by atoms with E-state index in [0.717, 1.165) is 71.7 Å². The summed E-state index contributed by atoms with van der Waals surface area (Å²) in [7, 11) is 0. The zero-order chi connectivity index (χ0) is 27.1. The molecule has 1 aliphatic carbocycles. The molecule has 0 unspecified atom stereocenters. The first kappa shape index (κ1) is 25.9. The minimum absolute atomic E-state index is 0.0916. The van der Waals surface area contributed by atoms with Gasteiger partial charge >= 0.3 is 0 Å². The molecule has 7 nitrogen and oxygen atoms in total. The van der Waals surface area contributed by atoms with Crippen molar-refractivity contribution in [2.45, 2.75) is 64.6 Å². The van der Waals surface area contributed by atoms with Crippen molar-refractivity contribution in [3.8, 4) is 11.1 Å². The quantitative estimate of drug-likeness (QED) is 0.245. The van der Waals surface area contributed by atoms with Gasteiger partial charge in [0.15, 0.2) is 6.73 Å². The number of fused-ring (bicyclic) bond motifs is 1. The minimum atomic E-state index is -0.464. The van der Waals surface area contributed by atoms with Gasteiger partial charge in [0.05, 0.1) is 34.1 Å². The molecule has 0 spiro atoms. The van der Waals surface area contributed by atoms with Crippen LogP contribution >= 0.6 is 11.6 Å². The van der Waals surface area contributed by atoms with Gasteiger partial charge in [-0.25, -0.2) is 9.37 Å². The number of nitrogens with zero attached hydrogens (tertiary/aromatic N) is 4. The van der Waals surface area contributed by atoms with Crippen molar-refractivity contribution in [1.82, 2.24) is 14.7 Å². The Morgan fingerprint density at radius 3 is 2.64 bits per heavy atom. The number of anilines is 1.